The van der Waals surface area contributed by atoms with E-state index in [-0.39, 0.29) is 42.5 Å². The number of allylic oxidation sites excluding steroid dienone is 2. The number of rotatable bonds is 12. The molecule has 0 spiro atoms. The Labute approximate surface area is 342 Å². The molecule has 4 aromatic carbocycles. The summed E-state index contributed by atoms with van der Waals surface area (Å²) in [6, 6.07) is 33.8. The van der Waals surface area contributed by atoms with Gasteiger partial charge in [0, 0.05) is 48.1 Å². The maximum absolute atomic E-state index is 12.2. The van der Waals surface area contributed by atoms with Crippen molar-refractivity contribution >= 4 is 27.7 Å². The van der Waals surface area contributed by atoms with E-state index in [0.29, 0.717) is 11.6 Å². The van der Waals surface area contributed by atoms with Crippen molar-refractivity contribution < 1.29 is 34.4 Å². The first-order chi connectivity index (χ1) is 25.8. The first-order valence-electron chi connectivity index (χ1n) is 19.7. The van der Waals surface area contributed by atoms with E-state index in [1.54, 1.807) is 6.26 Å². The first-order valence-corrected chi connectivity index (χ1v) is 19.7. The molecule has 2 heterocycles. The van der Waals surface area contributed by atoms with Crippen molar-refractivity contribution in [2.45, 2.75) is 101 Å². The van der Waals surface area contributed by atoms with Crippen LogP contribution in [0, 0.1) is 36.7 Å². The van der Waals surface area contributed by atoms with E-state index in [1.165, 1.54) is 44.8 Å². The van der Waals surface area contributed by atoms with Crippen LogP contribution < -0.4 is 0 Å². The Balaban J connectivity index is 0.000000320. The SMILES string of the molecule is CCC(C)(CC)C(=O)/C=C(\O)C(C)(CC)CC.Cc1cc(CC(C)C)cc(C)c1-c1cc(-c2[c-]c3ccccc3c(-c3ccccc3)c2)nc2occc12.[Ir]. The molecule has 0 bridgehead atoms. The van der Waals surface area contributed by atoms with Crippen molar-refractivity contribution in [1.82, 2.24) is 4.98 Å². The number of furan rings is 1. The molecule has 1 radical (unpaired) electrons. The second-order valence-electron chi connectivity index (χ2n) is 15.8. The van der Waals surface area contributed by atoms with E-state index in [9.17, 15) is 9.90 Å². The first kappa shape index (κ1) is 43.4. The molecule has 2 aromatic heterocycles. The van der Waals surface area contributed by atoms with Gasteiger partial charge < -0.3 is 9.52 Å². The largest absolute Gasteiger partial charge is 0.512 e. The minimum atomic E-state index is -0.337. The number of aliphatic hydroxyl groups is 1. The van der Waals surface area contributed by atoms with E-state index < -0.39 is 0 Å². The number of hydrogen-bond donors (Lipinski definition) is 1. The van der Waals surface area contributed by atoms with Gasteiger partial charge in [0.15, 0.2) is 5.78 Å². The number of fused-ring (bicyclic) bond motifs is 2. The van der Waals surface area contributed by atoms with Crippen LogP contribution in [0.15, 0.2) is 107 Å². The third-order valence-electron chi connectivity index (χ3n) is 11.7. The molecule has 291 valence electrons. The van der Waals surface area contributed by atoms with Crippen LogP contribution in [0.3, 0.4) is 0 Å². The van der Waals surface area contributed by atoms with E-state index >= 15 is 0 Å². The topological polar surface area (TPSA) is 63.3 Å². The maximum atomic E-state index is 12.2. The molecule has 6 aromatic rings. The molecule has 4 nitrogen and oxygen atoms in total. The number of nitrogens with zero attached hydrogens (tertiary/aromatic N) is 1. The number of aryl methyl sites for hydroxylation is 2. The number of pyridine rings is 1. The zero-order valence-electron chi connectivity index (χ0n) is 34.4. The minimum absolute atomic E-state index is 0. The molecule has 6 rings (SSSR count). The summed E-state index contributed by atoms with van der Waals surface area (Å²) >= 11 is 0. The van der Waals surface area contributed by atoms with Gasteiger partial charge in [0.05, 0.1) is 6.26 Å². The van der Waals surface area contributed by atoms with Crippen LogP contribution in [0.4, 0.5) is 0 Å². The van der Waals surface area contributed by atoms with Crippen molar-refractivity contribution in [3.63, 3.8) is 0 Å². The van der Waals surface area contributed by atoms with Crippen LogP contribution in [-0.4, -0.2) is 15.9 Å². The van der Waals surface area contributed by atoms with Crippen molar-refractivity contribution in [2.24, 2.45) is 16.7 Å². The van der Waals surface area contributed by atoms with Crippen LogP contribution in [0.25, 0.3) is 55.4 Å². The molecule has 0 saturated carbocycles. The maximum Gasteiger partial charge on any atom is 0.219 e. The number of carbonyl (C=O) groups is 1. The molecule has 5 heteroatoms. The van der Waals surface area contributed by atoms with Gasteiger partial charge >= 0.3 is 0 Å². The average Bonchev–Trinajstić information content (AvgIpc) is 3.66. The summed E-state index contributed by atoms with van der Waals surface area (Å²) in [6.07, 6.45) is 7.57. The summed E-state index contributed by atoms with van der Waals surface area (Å²) < 4.78 is 5.88. The Bertz CT molecular complexity index is 2230. The van der Waals surface area contributed by atoms with E-state index in [4.69, 9.17) is 9.40 Å². The standard InChI is InChI=1S/C35H30NO.C15H28O2.Ir/c1-22(2)16-25-17-23(3)34(24(4)18-25)32-21-33(36-35-30(32)14-15-37-35)28-19-27-12-8-9-13-29(27)31(20-28)26-10-6-5-7-11-26;1-7-14(5,8-2)12(16)11-13(17)15(6,9-3)10-4;/h5-15,17-18,20-22H,16H2,1-4H3;11,16H,7-10H2,1-6H3;/q-1;;/b;12-11-;. The Hall–Kier alpha value is -4.31. The number of hydrogen-bond acceptors (Lipinski definition) is 4. The van der Waals surface area contributed by atoms with Crippen LogP contribution in [0.1, 0.15) is 97.8 Å². The van der Waals surface area contributed by atoms with Gasteiger partial charge in [-0.05, 0) is 91.3 Å². The van der Waals surface area contributed by atoms with Gasteiger partial charge in [0.25, 0.3) is 0 Å². The zero-order valence-corrected chi connectivity index (χ0v) is 36.8. The van der Waals surface area contributed by atoms with Crippen LogP contribution in [0.2, 0.25) is 0 Å². The van der Waals surface area contributed by atoms with Gasteiger partial charge in [0.1, 0.15) is 5.76 Å². The van der Waals surface area contributed by atoms with Gasteiger partial charge in [-0.3, -0.25) is 9.78 Å². The second kappa shape index (κ2) is 18.5. The zero-order chi connectivity index (χ0) is 39.2. The predicted molar refractivity (Wildman–Crippen MR) is 228 cm³/mol. The molecular formula is C50H58IrNO3-. The molecule has 0 unspecified atom stereocenters. The van der Waals surface area contributed by atoms with Gasteiger partial charge in [-0.15, -0.1) is 23.6 Å². The summed E-state index contributed by atoms with van der Waals surface area (Å²) in [7, 11) is 0. The molecule has 0 aliphatic rings. The normalized spacial score (nSPS) is 12.1. The van der Waals surface area contributed by atoms with E-state index in [0.717, 1.165) is 59.7 Å². The fourth-order valence-electron chi connectivity index (χ4n) is 7.27. The van der Waals surface area contributed by atoms with Gasteiger partial charge in [0.2, 0.25) is 5.71 Å². The molecule has 0 amide bonds. The molecule has 0 saturated heterocycles. The second-order valence-corrected chi connectivity index (χ2v) is 15.8. The molecular weight excluding hydrogens is 855 g/mol. The third kappa shape index (κ3) is 9.57. The van der Waals surface area contributed by atoms with Crippen molar-refractivity contribution in [1.29, 1.82) is 0 Å². The molecule has 0 aliphatic heterocycles. The Morgan fingerprint density at radius 3 is 2.00 bits per heavy atom. The molecule has 0 atom stereocenters. The smallest absolute Gasteiger partial charge is 0.219 e. The number of aromatic nitrogens is 1. The Morgan fingerprint density at radius 2 is 1.40 bits per heavy atom. The number of carbonyl (C=O) groups excluding carboxylic acids is 1. The van der Waals surface area contributed by atoms with Gasteiger partial charge in [-0.2, -0.15) is 0 Å². The molecule has 1 N–H and O–H groups in total. The molecule has 0 fully saturated rings. The number of aliphatic hydroxyl groups excluding tert-OH is 1. The van der Waals surface area contributed by atoms with Crippen LogP contribution >= 0.6 is 0 Å². The fourth-order valence-corrected chi connectivity index (χ4v) is 7.27. The van der Waals surface area contributed by atoms with Crippen LogP contribution in [-0.2, 0) is 31.3 Å². The van der Waals surface area contributed by atoms with E-state index in [1.807, 2.05) is 47.6 Å². The van der Waals surface area contributed by atoms with Gasteiger partial charge in [-0.1, -0.05) is 139 Å². The van der Waals surface area contributed by atoms with Crippen molar-refractivity contribution in [3.8, 4) is 33.5 Å². The summed E-state index contributed by atoms with van der Waals surface area (Å²) in [5.74, 6) is 0.911. The summed E-state index contributed by atoms with van der Waals surface area (Å²) in [5, 5.41) is 13.4. The predicted octanol–water partition coefficient (Wildman–Crippen LogP) is 14.2. The van der Waals surface area contributed by atoms with Crippen molar-refractivity contribution in [2.75, 3.05) is 0 Å². The monoisotopic (exact) mass is 913 g/mol. The van der Waals surface area contributed by atoms with Crippen molar-refractivity contribution in [3.05, 3.63) is 126 Å². The fraction of sp³-hybridized carbons (Fsp3) is 0.360. The number of ketones is 1. The Kier molecular flexibility index (Phi) is 14.6. The molecule has 0 aliphatic carbocycles. The Morgan fingerprint density at radius 1 is 0.800 bits per heavy atom. The summed E-state index contributed by atoms with van der Waals surface area (Å²) in [5.41, 5.74) is 10.6. The third-order valence-corrected chi connectivity index (χ3v) is 11.7. The molecule has 55 heavy (non-hydrogen) atoms. The van der Waals surface area contributed by atoms with Crippen LogP contribution in [0.5, 0.6) is 0 Å². The van der Waals surface area contributed by atoms with E-state index in [2.05, 4.69) is 113 Å². The average molecular weight is 913 g/mol. The quantitative estimate of drug-likeness (QED) is 0.0755. The van der Waals surface area contributed by atoms with Gasteiger partial charge in [-0.25, -0.2) is 0 Å². The summed E-state index contributed by atoms with van der Waals surface area (Å²) in [6.45, 7) is 21.1. The number of benzene rings is 4. The minimum Gasteiger partial charge on any atom is -0.512 e. The summed E-state index contributed by atoms with van der Waals surface area (Å²) in [4.78, 5) is 17.1.